The molecule has 9 nitrogen and oxygen atoms in total. The van der Waals surface area contributed by atoms with Gasteiger partial charge in [0.2, 0.25) is 0 Å². The molecule has 1 fully saturated rings. The van der Waals surface area contributed by atoms with Crippen LogP contribution in [0, 0.1) is 6.92 Å². The van der Waals surface area contributed by atoms with Gasteiger partial charge in [-0.2, -0.15) is 0 Å². The molecule has 4 aromatic rings. The molecule has 1 aliphatic rings. The van der Waals surface area contributed by atoms with Gasteiger partial charge in [-0.1, -0.05) is 18.2 Å². The van der Waals surface area contributed by atoms with E-state index in [2.05, 4.69) is 24.9 Å². The number of sulfonamides is 1. The zero-order chi connectivity index (χ0) is 25.7. The molecular weight excluding hydrogens is 490 g/mol. The number of rotatable bonds is 8. The van der Waals surface area contributed by atoms with Crippen LogP contribution < -0.4 is 19.7 Å². The van der Waals surface area contributed by atoms with E-state index in [4.69, 9.17) is 9.47 Å². The van der Waals surface area contributed by atoms with Crippen molar-refractivity contribution in [3.8, 4) is 11.5 Å². The quantitative estimate of drug-likeness (QED) is 0.338. The minimum absolute atomic E-state index is 0.141. The molecule has 1 aromatic heterocycles. The molecule has 0 bridgehead atoms. The number of benzene rings is 3. The van der Waals surface area contributed by atoms with Crippen molar-refractivity contribution < 1.29 is 17.9 Å². The molecule has 0 amide bonds. The van der Waals surface area contributed by atoms with Crippen LogP contribution in [0.2, 0.25) is 0 Å². The summed E-state index contributed by atoms with van der Waals surface area (Å²) in [5.41, 5.74) is 1.22. The summed E-state index contributed by atoms with van der Waals surface area (Å²) in [6.45, 7) is 4.78. The smallest absolute Gasteiger partial charge is 0.261 e. The first-order valence-electron chi connectivity index (χ1n) is 11.9. The van der Waals surface area contributed by atoms with Crippen LogP contribution in [-0.4, -0.2) is 44.7 Å². The normalized spacial score (nSPS) is 13.7. The molecule has 5 rings (SSSR count). The Morgan fingerprint density at radius 3 is 2.19 bits per heavy atom. The highest BCUT2D eigenvalue weighted by Crippen LogP contribution is 2.25. The second-order valence-corrected chi connectivity index (χ2v) is 10.1. The van der Waals surface area contributed by atoms with Crippen LogP contribution in [0.5, 0.6) is 11.5 Å². The first kappa shape index (κ1) is 24.5. The second-order valence-electron chi connectivity index (χ2n) is 8.45. The molecule has 0 unspecified atom stereocenters. The van der Waals surface area contributed by atoms with Crippen molar-refractivity contribution in [2.75, 3.05) is 41.2 Å². The Morgan fingerprint density at radius 1 is 0.838 bits per heavy atom. The van der Waals surface area contributed by atoms with Gasteiger partial charge >= 0.3 is 0 Å². The highest BCUT2D eigenvalue weighted by molar-refractivity contribution is 7.92. The minimum atomic E-state index is -3.76. The van der Waals surface area contributed by atoms with Crippen molar-refractivity contribution in [1.29, 1.82) is 0 Å². The summed E-state index contributed by atoms with van der Waals surface area (Å²) in [6, 6.07) is 24.5. The van der Waals surface area contributed by atoms with E-state index in [-0.39, 0.29) is 4.90 Å². The maximum Gasteiger partial charge on any atom is 0.261 e. The molecule has 2 heterocycles. The fourth-order valence-electron chi connectivity index (χ4n) is 3.87. The van der Waals surface area contributed by atoms with Gasteiger partial charge in [0.05, 0.1) is 18.1 Å². The van der Waals surface area contributed by atoms with Crippen molar-refractivity contribution in [3.63, 3.8) is 0 Å². The van der Waals surface area contributed by atoms with Gasteiger partial charge in [0, 0.05) is 30.5 Å². The van der Waals surface area contributed by atoms with Gasteiger partial charge in [0.15, 0.2) is 0 Å². The molecule has 2 N–H and O–H groups in total. The van der Waals surface area contributed by atoms with Gasteiger partial charge in [-0.05, 0) is 67.6 Å². The van der Waals surface area contributed by atoms with Gasteiger partial charge < -0.3 is 19.7 Å². The number of aryl methyl sites for hydroxylation is 1. The van der Waals surface area contributed by atoms with Crippen molar-refractivity contribution >= 4 is 33.0 Å². The van der Waals surface area contributed by atoms with Crippen LogP contribution in [0.15, 0.2) is 89.8 Å². The monoisotopic (exact) mass is 517 g/mol. The SMILES string of the molecule is Cc1nc(Nc2ccc(NS(=O)(=O)c3ccc(Oc4ccccc4)cc3)cc2)cc(N2CCOCC2)n1. The molecule has 0 aliphatic carbocycles. The molecule has 1 saturated heterocycles. The molecule has 0 radical (unpaired) electrons. The van der Waals surface area contributed by atoms with E-state index in [1.54, 1.807) is 36.4 Å². The van der Waals surface area contributed by atoms with Crippen LogP contribution in [0.1, 0.15) is 5.82 Å². The largest absolute Gasteiger partial charge is 0.457 e. The molecule has 3 aromatic carbocycles. The Kier molecular flexibility index (Phi) is 7.20. The third-order valence-corrected chi connectivity index (χ3v) is 7.08. The Hall–Kier alpha value is -4.15. The average Bonchev–Trinajstić information content (AvgIpc) is 2.91. The lowest BCUT2D eigenvalue weighted by Crippen LogP contribution is -2.36. The number of nitrogens with one attached hydrogen (secondary N) is 2. The van der Waals surface area contributed by atoms with Gasteiger partial charge in [-0.15, -0.1) is 0 Å². The van der Waals surface area contributed by atoms with E-state index < -0.39 is 10.0 Å². The third kappa shape index (κ3) is 6.35. The first-order chi connectivity index (χ1) is 17.9. The maximum absolute atomic E-state index is 12.9. The summed E-state index contributed by atoms with van der Waals surface area (Å²) in [7, 11) is -3.76. The van der Waals surface area contributed by atoms with Crippen LogP contribution in [0.25, 0.3) is 0 Å². The molecule has 190 valence electrons. The van der Waals surface area contributed by atoms with E-state index >= 15 is 0 Å². The molecule has 0 spiro atoms. The number of ether oxygens (including phenoxy) is 2. The van der Waals surface area contributed by atoms with Crippen molar-refractivity contribution in [3.05, 3.63) is 90.8 Å². The van der Waals surface area contributed by atoms with Crippen LogP contribution in [0.3, 0.4) is 0 Å². The van der Waals surface area contributed by atoms with Gasteiger partial charge in [0.25, 0.3) is 10.0 Å². The highest BCUT2D eigenvalue weighted by Gasteiger charge is 2.16. The number of hydrogen-bond donors (Lipinski definition) is 2. The van der Waals surface area contributed by atoms with Crippen LogP contribution >= 0.6 is 0 Å². The maximum atomic E-state index is 12.9. The zero-order valence-electron chi connectivity index (χ0n) is 20.3. The van der Waals surface area contributed by atoms with Crippen molar-refractivity contribution in [2.24, 2.45) is 0 Å². The predicted molar refractivity (Wildman–Crippen MR) is 143 cm³/mol. The van der Waals surface area contributed by atoms with Crippen LogP contribution in [0.4, 0.5) is 23.0 Å². The standard InChI is InChI=1S/C27H27N5O4S/c1-20-28-26(19-27(29-20)32-15-17-35-18-16-32)30-21-7-9-22(10-8-21)31-37(33,34)25-13-11-24(12-14-25)36-23-5-3-2-4-6-23/h2-14,19,31H,15-18H2,1H3,(H,28,29,30). The fourth-order valence-corrected chi connectivity index (χ4v) is 4.92. The summed E-state index contributed by atoms with van der Waals surface area (Å²) in [6.07, 6.45) is 0. The van der Waals surface area contributed by atoms with Crippen molar-refractivity contribution in [2.45, 2.75) is 11.8 Å². The summed E-state index contributed by atoms with van der Waals surface area (Å²) < 4.78 is 39.5. The number of anilines is 4. The van der Waals surface area contributed by atoms with E-state index in [1.165, 1.54) is 12.1 Å². The van der Waals surface area contributed by atoms with Gasteiger partial charge in [-0.3, -0.25) is 4.72 Å². The van der Waals surface area contributed by atoms with E-state index in [1.807, 2.05) is 43.3 Å². The molecular formula is C27H27N5O4S. The molecule has 0 saturated carbocycles. The topological polar surface area (TPSA) is 106 Å². The van der Waals surface area contributed by atoms with E-state index in [0.29, 0.717) is 42.0 Å². The number of hydrogen-bond acceptors (Lipinski definition) is 8. The van der Waals surface area contributed by atoms with Crippen LogP contribution in [-0.2, 0) is 14.8 Å². The first-order valence-corrected chi connectivity index (χ1v) is 13.3. The molecule has 10 heteroatoms. The van der Waals surface area contributed by atoms with Gasteiger partial charge in [-0.25, -0.2) is 18.4 Å². The Morgan fingerprint density at radius 2 is 1.49 bits per heavy atom. The lowest BCUT2D eigenvalue weighted by molar-refractivity contribution is 0.122. The Bertz CT molecular complexity index is 1440. The molecule has 0 atom stereocenters. The fraction of sp³-hybridized carbons (Fsp3) is 0.185. The summed E-state index contributed by atoms with van der Waals surface area (Å²) >= 11 is 0. The number of aromatic nitrogens is 2. The zero-order valence-corrected chi connectivity index (χ0v) is 21.1. The third-order valence-electron chi connectivity index (χ3n) is 5.68. The second kappa shape index (κ2) is 10.9. The lowest BCUT2D eigenvalue weighted by Gasteiger charge is -2.28. The number of morpholine rings is 1. The summed E-state index contributed by atoms with van der Waals surface area (Å²) in [5.74, 6) is 3.41. The van der Waals surface area contributed by atoms with Gasteiger partial charge in [0.1, 0.15) is 29.0 Å². The number of para-hydroxylation sites is 1. The highest BCUT2D eigenvalue weighted by atomic mass is 32.2. The minimum Gasteiger partial charge on any atom is -0.457 e. The Balaban J connectivity index is 1.23. The lowest BCUT2D eigenvalue weighted by atomic mass is 10.3. The molecule has 37 heavy (non-hydrogen) atoms. The molecule has 1 aliphatic heterocycles. The Labute approximate surface area is 216 Å². The summed E-state index contributed by atoms with van der Waals surface area (Å²) in [4.78, 5) is 11.3. The van der Waals surface area contributed by atoms with E-state index in [0.717, 1.165) is 24.6 Å². The average molecular weight is 518 g/mol. The van der Waals surface area contributed by atoms with E-state index in [9.17, 15) is 8.42 Å². The summed E-state index contributed by atoms with van der Waals surface area (Å²) in [5, 5.41) is 3.27. The van der Waals surface area contributed by atoms with Crippen molar-refractivity contribution in [1.82, 2.24) is 9.97 Å². The predicted octanol–water partition coefficient (Wildman–Crippen LogP) is 4.96. The number of nitrogens with zero attached hydrogens (tertiary/aromatic N) is 3.